The summed E-state index contributed by atoms with van der Waals surface area (Å²) in [5, 5.41) is 0. The molecule has 1 saturated carbocycles. The summed E-state index contributed by atoms with van der Waals surface area (Å²) < 4.78 is 0. The minimum atomic E-state index is 0.156. The number of anilines is 1. The highest BCUT2D eigenvalue weighted by molar-refractivity contribution is 5.95. The first-order valence-corrected chi connectivity index (χ1v) is 5.61. The molecule has 2 heteroatoms. The Kier molecular flexibility index (Phi) is 1.84. The Labute approximate surface area is 89.9 Å². The van der Waals surface area contributed by atoms with Crippen LogP contribution in [0.4, 0.5) is 5.69 Å². The topological polar surface area (TPSA) is 20.3 Å². The van der Waals surface area contributed by atoms with Crippen molar-refractivity contribution in [2.45, 2.75) is 25.8 Å². The van der Waals surface area contributed by atoms with E-state index in [1.54, 1.807) is 6.92 Å². The second-order valence-electron chi connectivity index (χ2n) is 4.75. The summed E-state index contributed by atoms with van der Waals surface area (Å²) in [4.78, 5) is 13.7. The van der Waals surface area contributed by atoms with E-state index in [9.17, 15) is 4.79 Å². The Morgan fingerprint density at radius 1 is 1.40 bits per heavy atom. The number of rotatable bonds is 2. The molecular formula is C13H15NO. The van der Waals surface area contributed by atoms with Crippen molar-refractivity contribution in [3.8, 4) is 0 Å². The predicted octanol–water partition coefficient (Wildman–Crippen LogP) is 2.49. The van der Waals surface area contributed by atoms with Crippen LogP contribution in [-0.4, -0.2) is 18.4 Å². The average Bonchev–Trinajstić information content (AvgIpc) is 2.75. The standard InChI is InChI=1S/C13H15NO/c1-9(15)11-3-2-4-12(7-11)14-8-10-5-13(14)6-10/h2-4,7,10,13H,5-6,8H2,1H3. The van der Waals surface area contributed by atoms with E-state index in [0.717, 1.165) is 17.5 Å². The molecule has 2 heterocycles. The number of hydrogen-bond acceptors (Lipinski definition) is 2. The molecule has 0 atom stereocenters. The molecule has 1 aromatic rings. The van der Waals surface area contributed by atoms with E-state index in [4.69, 9.17) is 0 Å². The lowest BCUT2D eigenvalue weighted by Gasteiger charge is -2.27. The molecular weight excluding hydrogens is 186 g/mol. The first-order valence-electron chi connectivity index (χ1n) is 5.61. The van der Waals surface area contributed by atoms with Crippen LogP contribution in [-0.2, 0) is 0 Å². The molecule has 3 fully saturated rings. The van der Waals surface area contributed by atoms with Gasteiger partial charge in [0.05, 0.1) is 0 Å². The highest BCUT2D eigenvalue weighted by Crippen LogP contribution is 2.43. The zero-order valence-corrected chi connectivity index (χ0v) is 8.94. The van der Waals surface area contributed by atoms with Crippen LogP contribution in [0.1, 0.15) is 30.1 Å². The van der Waals surface area contributed by atoms with Gasteiger partial charge >= 0.3 is 0 Å². The van der Waals surface area contributed by atoms with Crippen LogP contribution in [0.25, 0.3) is 0 Å². The molecule has 2 saturated heterocycles. The molecule has 2 bridgehead atoms. The van der Waals surface area contributed by atoms with Crippen LogP contribution in [0.3, 0.4) is 0 Å². The lowest BCUT2D eigenvalue weighted by molar-refractivity contribution is 0.101. The molecule has 0 unspecified atom stereocenters. The first kappa shape index (κ1) is 8.96. The Morgan fingerprint density at radius 3 is 2.80 bits per heavy atom. The van der Waals surface area contributed by atoms with Crippen molar-refractivity contribution in [1.29, 1.82) is 0 Å². The molecule has 1 aromatic carbocycles. The molecule has 0 aromatic heterocycles. The van der Waals surface area contributed by atoms with Crippen molar-refractivity contribution < 1.29 is 4.79 Å². The molecule has 3 aliphatic rings. The van der Waals surface area contributed by atoms with Crippen LogP contribution in [0.5, 0.6) is 0 Å². The Morgan fingerprint density at radius 2 is 2.20 bits per heavy atom. The van der Waals surface area contributed by atoms with Crippen LogP contribution < -0.4 is 4.90 Å². The number of ketones is 1. The lowest BCUT2D eigenvalue weighted by Crippen LogP contribution is -2.28. The smallest absolute Gasteiger partial charge is 0.159 e. The molecule has 0 amide bonds. The number of carbonyl (C=O) groups excluding carboxylic acids is 1. The van der Waals surface area contributed by atoms with Gasteiger partial charge in [-0.25, -0.2) is 0 Å². The highest BCUT2D eigenvalue weighted by atomic mass is 16.1. The maximum Gasteiger partial charge on any atom is 0.159 e. The lowest BCUT2D eigenvalue weighted by atomic mass is 9.86. The predicted molar refractivity (Wildman–Crippen MR) is 60.3 cm³/mol. The first-order chi connectivity index (χ1) is 7.24. The van der Waals surface area contributed by atoms with Crippen molar-refractivity contribution in [3.63, 3.8) is 0 Å². The maximum atomic E-state index is 11.3. The van der Waals surface area contributed by atoms with Gasteiger partial charge in [-0.2, -0.15) is 0 Å². The quantitative estimate of drug-likeness (QED) is 0.685. The monoisotopic (exact) mass is 201 g/mol. The molecule has 15 heavy (non-hydrogen) atoms. The molecule has 0 N–H and O–H groups in total. The van der Waals surface area contributed by atoms with Crippen LogP contribution in [0, 0.1) is 5.92 Å². The third-order valence-electron chi connectivity index (χ3n) is 3.69. The Bertz CT molecular complexity index is 407. The van der Waals surface area contributed by atoms with Gasteiger partial charge < -0.3 is 4.90 Å². The van der Waals surface area contributed by atoms with Gasteiger partial charge in [-0.05, 0) is 37.8 Å². The second kappa shape index (κ2) is 3.09. The fourth-order valence-corrected chi connectivity index (χ4v) is 2.75. The van der Waals surface area contributed by atoms with Crippen LogP contribution in [0.2, 0.25) is 0 Å². The number of hydrogen-bond donors (Lipinski definition) is 0. The summed E-state index contributed by atoms with van der Waals surface area (Å²) >= 11 is 0. The van der Waals surface area contributed by atoms with Gasteiger partial charge in [-0.3, -0.25) is 4.79 Å². The maximum absolute atomic E-state index is 11.3. The highest BCUT2D eigenvalue weighted by Gasteiger charge is 2.42. The summed E-state index contributed by atoms with van der Waals surface area (Å²) in [5.41, 5.74) is 2.06. The van der Waals surface area contributed by atoms with Gasteiger partial charge in [0.15, 0.2) is 5.78 Å². The number of Topliss-reactive ketones (excluding diaryl/α,β-unsaturated/α-hetero) is 1. The summed E-state index contributed by atoms with van der Waals surface area (Å²) in [7, 11) is 0. The van der Waals surface area contributed by atoms with Crippen LogP contribution in [0.15, 0.2) is 24.3 Å². The number of benzene rings is 1. The van der Waals surface area contributed by atoms with Crippen molar-refractivity contribution in [1.82, 2.24) is 0 Å². The number of carbonyl (C=O) groups is 1. The summed E-state index contributed by atoms with van der Waals surface area (Å²) in [6.07, 6.45) is 2.70. The Hall–Kier alpha value is -1.31. The molecule has 2 aliphatic heterocycles. The van der Waals surface area contributed by atoms with Crippen LogP contribution >= 0.6 is 0 Å². The molecule has 4 rings (SSSR count). The van der Waals surface area contributed by atoms with Gasteiger partial charge in [0.2, 0.25) is 0 Å². The minimum absolute atomic E-state index is 0.156. The third-order valence-corrected chi connectivity index (χ3v) is 3.69. The average molecular weight is 201 g/mol. The van der Waals surface area contributed by atoms with E-state index in [2.05, 4.69) is 11.0 Å². The summed E-state index contributed by atoms with van der Waals surface area (Å²) in [6.45, 7) is 2.81. The Balaban J connectivity index is 1.91. The van der Waals surface area contributed by atoms with Crippen molar-refractivity contribution in [2.75, 3.05) is 11.4 Å². The van der Waals surface area contributed by atoms with Crippen molar-refractivity contribution in [3.05, 3.63) is 29.8 Å². The largest absolute Gasteiger partial charge is 0.368 e. The number of nitrogens with zero attached hydrogens (tertiary/aromatic N) is 1. The normalized spacial score (nSPS) is 27.7. The van der Waals surface area contributed by atoms with E-state index < -0.39 is 0 Å². The molecule has 0 spiro atoms. The second-order valence-corrected chi connectivity index (χ2v) is 4.75. The van der Waals surface area contributed by atoms with E-state index in [1.807, 2.05) is 18.2 Å². The van der Waals surface area contributed by atoms with E-state index >= 15 is 0 Å². The fourth-order valence-electron chi connectivity index (χ4n) is 2.75. The fraction of sp³-hybridized carbons (Fsp3) is 0.462. The molecule has 1 aliphatic carbocycles. The van der Waals surface area contributed by atoms with Gasteiger partial charge in [-0.15, -0.1) is 0 Å². The van der Waals surface area contributed by atoms with Gasteiger partial charge in [0, 0.05) is 23.8 Å². The number of fused-ring (bicyclic) bond motifs is 1. The van der Waals surface area contributed by atoms with Gasteiger partial charge in [0.1, 0.15) is 0 Å². The molecule has 0 radical (unpaired) electrons. The SMILES string of the molecule is CC(=O)c1cccc(N2CC3CC2C3)c1. The molecule has 78 valence electrons. The van der Waals surface area contributed by atoms with E-state index in [-0.39, 0.29) is 5.78 Å². The summed E-state index contributed by atoms with van der Waals surface area (Å²) in [6, 6.07) is 8.78. The van der Waals surface area contributed by atoms with Gasteiger partial charge in [0.25, 0.3) is 0 Å². The van der Waals surface area contributed by atoms with E-state index in [1.165, 1.54) is 25.1 Å². The molecule has 2 nitrogen and oxygen atoms in total. The van der Waals surface area contributed by atoms with E-state index in [0.29, 0.717) is 0 Å². The van der Waals surface area contributed by atoms with Crippen molar-refractivity contribution in [2.24, 2.45) is 5.92 Å². The minimum Gasteiger partial charge on any atom is -0.368 e. The van der Waals surface area contributed by atoms with Gasteiger partial charge in [-0.1, -0.05) is 12.1 Å². The summed E-state index contributed by atoms with van der Waals surface area (Å²) in [5.74, 6) is 1.07. The third kappa shape index (κ3) is 1.36. The zero-order chi connectivity index (χ0) is 10.4. The zero-order valence-electron chi connectivity index (χ0n) is 8.94. The van der Waals surface area contributed by atoms with Crippen molar-refractivity contribution >= 4 is 11.5 Å².